The number of fused-ring (bicyclic) bond motifs is 1. The number of nitrogens with zero attached hydrogens (tertiary/aromatic N) is 2. The maximum Gasteiger partial charge on any atom is 0.249 e. The molecule has 0 spiro atoms. The van der Waals surface area contributed by atoms with E-state index >= 15 is 0 Å². The lowest BCUT2D eigenvalue weighted by Gasteiger charge is -2.30. The molecule has 1 aliphatic carbocycles. The van der Waals surface area contributed by atoms with Crippen molar-refractivity contribution < 1.29 is 24.2 Å². The summed E-state index contributed by atoms with van der Waals surface area (Å²) in [5.41, 5.74) is 6.70. The van der Waals surface area contributed by atoms with Gasteiger partial charge in [-0.15, -0.1) is 0 Å². The lowest BCUT2D eigenvalue weighted by atomic mass is 9.85. The average Bonchev–Trinajstić information content (AvgIpc) is 3.56. The van der Waals surface area contributed by atoms with Crippen LogP contribution in [-0.2, 0) is 20.7 Å². The number of benzene rings is 2. The zero-order valence-electron chi connectivity index (χ0n) is 19.0. The number of amides is 2. The highest BCUT2D eigenvalue weighted by Crippen LogP contribution is 2.39. The molecule has 1 aliphatic heterocycles. The van der Waals surface area contributed by atoms with Crippen LogP contribution in [0.4, 0.5) is 0 Å². The number of primary amides is 1. The number of rotatable bonds is 7. The van der Waals surface area contributed by atoms with E-state index in [9.17, 15) is 19.5 Å². The molecule has 3 aromatic rings. The number of phenols is 1. The van der Waals surface area contributed by atoms with E-state index in [0.717, 1.165) is 6.42 Å². The number of nitrogens with one attached hydrogen (secondary N) is 1. The number of aromatic hydroxyl groups is 1. The summed E-state index contributed by atoms with van der Waals surface area (Å²) in [5, 5.41) is 13.0. The van der Waals surface area contributed by atoms with Gasteiger partial charge >= 0.3 is 0 Å². The highest BCUT2D eigenvalue weighted by atomic mass is 16.5. The number of phenolic OH excluding ortho intramolecular Hbond substituents is 1. The van der Waals surface area contributed by atoms with Gasteiger partial charge in [-0.3, -0.25) is 14.4 Å². The molecule has 9 nitrogen and oxygen atoms in total. The molecule has 2 aromatic carbocycles. The average molecular weight is 475 g/mol. The molecule has 3 unspecified atom stereocenters. The van der Waals surface area contributed by atoms with Gasteiger partial charge in [0.05, 0.1) is 18.3 Å². The Hall–Kier alpha value is -3.98. The molecule has 2 heterocycles. The normalized spacial score (nSPS) is 22.1. The van der Waals surface area contributed by atoms with Gasteiger partial charge in [0.2, 0.25) is 11.8 Å². The molecule has 9 heteroatoms. The zero-order valence-corrected chi connectivity index (χ0v) is 19.0. The molecule has 1 saturated carbocycles. The Bertz CT molecular complexity index is 1290. The summed E-state index contributed by atoms with van der Waals surface area (Å²) in [6.07, 6.45) is 6.82. The van der Waals surface area contributed by atoms with Gasteiger partial charge in [0.1, 0.15) is 17.9 Å². The number of aromatic nitrogens is 2. The fourth-order valence-corrected chi connectivity index (χ4v) is 5.24. The molecule has 1 saturated heterocycles. The fraction of sp³-hybridized carbons (Fsp3) is 0.308. The third-order valence-corrected chi connectivity index (χ3v) is 6.99. The summed E-state index contributed by atoms with van der Waals surface area (Å²) in [5.74, 6) is -1.98. The van der Waals surface area contributed by atoms with Crippen molar-refractivity contribution in [3.63, 3.8) is 0 Å². The topological polar surface area (TPSA) is 137 Å². The standard InChI is InChI=1S/C26H26N4O5/c27-24(33)19-7-6-17(30-10-9-28-15-30)13-20(19)21(12-16-3-1-4-18(31)11-16)25(34)29-26-8-2-5-23(26)35-14-22(26)32/h1,3-4,6-7,9-11,13,15,21,23,31H,2,5,8,12,14H2,(H2,27,33)(H,29,34). The third-order valence-electron chi connectivity index (χ3n) is 6.99. The summed E-state index contributed by atoms with van der Waals surface area (Å²) >= 11 is 0. The molecule has 4 N–H and O–H groups in total. The van der Waals surface area contributed by atoms with Crippen molar-refractivity contribution in [2.24, 2.45) is 5.73 Å². The van der Waals surface area contributed by atoms with Crippen LogP contribution >= 0.6 is 0 Å². The number of ether oxygens (including phenoxy) is 1. The van der Waals surface area contributed by atoms with E-state index in [1.54, 1.807) is 65.8 Å². The summed E-state index contributed by atoms with van der Waals surface area (Å²) in [4.78, 5) is 43.2. The van der Waals surface area contributed by atoms with Gasteiger partial charge in [0, 0.05) is 23.6 Å². The number of hydrogen-bond donors (Lipinski definition) is 3. The monoisotopic (exact) mass is 474 g/mol. The van der Waals surface area contributed by atoms with Gasteiger partial charge < -0.3 is 25.5 Å². The van der Waals surface area contributed by atoms with Gasteiger partial charge in [-0.2, -0.15) is 0 Å². The number of imidazole rings is 1. The van der Waals surface area contributed by atoms with E-state index in [4.69, 9.17) is 10.5 Å². The Morgan fingerprint density at radius 3 is 2.89 bits per heavy atom. The van der Waals surface area contributed by atoms with Gasteiger partial charge in [-0.25, -0.2) is 4.98 Å². The number of ketones is 1. The molecule has 2 fully saturated rings. The zero-order chi connectivity index (χ0) is 24.6. The lowest BCUT2D eigenvalue weighted by Crippen LogP contribution is -2.57. The van der Waals surface area contributed by atoms with Crippen molar-refractivity contribution in [2.75, 3.05) is 6.61 Å². The maximum atomic E-state index is 13.9. The van der Waals surface area contributed by atoms with E-state index in [1.165, 1.54) is 0 Å². The van der Waals surface area contributed by atoms with E-state index in [2.05, 4.69) is 10.3 Å². The van der Waals surface area contributed by atoms with Crippen LogP contribution in [0.3, 0.4) is 0 Å². The molecule has 0 radical (unpaired) electrons. The Labute approximate surface area is 201 Å². The molecule has 3 atom stereocenters. The van der Waals surface area contributed by atoms with E-state index in [-0.39, 0.29) is 36.2 Å². The van der Waals surface area contributed by atoms with Gasteiger partial charge in [0.25, 0.3) is 0 Å². The highest BCUT2D eigenvalue weighted by Gasteiger charge is 2.55. The smallest absolute Gasteiger partial charge is 0.249 e. The van der Waals surface area contributed by atoms with Crippen LogP contribution < -0.4 is 11.1 Å². The fourth-order valence-electron chi connectivity index (χ4n) is 5.24. The maximum absolute atomic E-state index is 13.9. The van der Waals surface area contributed by atoms with Crippen molar-refractivity contribution in [2.45, 2.75) is 43.2 Å². The molecular weight excluding hydrogens is 448 g/mol. The molecule has 5 rings (SSSR count). The second-order valence-electron chi connectivity index (χ2n) is 9.11. The first-order chi connectivity index (χ1) is 16.9. The summed E-state index contributed by atoms with van der Waals surface area (Å²) in [7, 11) is 0. The second kappa shape index (κ2) is 8.99. The van der Waals surface area contributed by atoms with E-state index in [1.807, 2.05) is 0 Å². The van der Waals surface area contributed by atoms with Crippen LogP contribution in [0.25, 0.3) is 5.69 Å². The largest absolute Gasteiger partial charge is 0.508 e. The van der Waals surface area contributed by atoms with Crippen LogP contribution in [0.1, 0.15) is 46.7 Å². The predicted octanol–water partition coefficient (Wildman–Crippen LogP) is 2.01. The Kier molecular flexibility index (Phi) is 5.86. The number of carbonyl (C=O) groups excluding carboxylic acids is 3. The third kappa shape index (κ3) is 4.19. The van der Waals surface area contributed by atoms with E-state index in [0.29, 0.717) is 29.7 Å². The summed E-state index contributed by atoms with van der Waals surface area (Å²) in [6, 6.07) is 11.7. The first kappa shape index (κ1) is 22.8. The Morgan fingerprint density at radius 1 is 1.29 bits per heavy atom. The van der Waals surface area contributed by atoms with Gasteiger partial charge in [-0.05, 0) is 67.1 Å². The van der Waals surface area contributed by atoms with Crippen molar-refractivity contribution >= 4 is 17.6 Å². The van der Waals surface area contributed by atoms with Gasteiger partial charge in [0.15, 0.2) is 5.78 Å². The van der Waals surface area contributed by atoms with Crippen molar-refractivity contribution in [1.29, 1.82) is 0 Å². The predicted molar refractivity (Wildman–Crippen MR) is 126 cm³/mol. The van der Waals surface area contributed by atoms with Crippen molar-refractivity contribution in [1.82, 2.24) is 14.9 Å². The number of carbonyl (C=O) groups is 3. The molecule has 1 aromatic heterocycles. The second-order valence-corrected chi connectivity index (χ2v) is 9.11. The number of nitrogens with two attached hydrogens (primary N) is 1. The van der Waals surface area contributed by atoms with Crippen molar-refractivity contribution in [3.05, 3.63) is 77.9 Å². The molecule has 2 aliphatic rings. The summed E-state index contributed by atoms with van der Waals surface area (Å²) < 4.78 is 7.42. The Morgan fingerprint density at radius 2 is 2.14 bits per heavy atom. The Balaban J connectivity index is 1.58. The quantitative estimate of drug-likeness (QED) is 0.479. The van der Waals surface area contributed by atoms with E-state index < -0.39 is 23.3 Å². The van der Waals surface area contributed by atoms with Crippen LogP contribution in [0.15, 0.2) is 61.2 Å². The highest BCUT2D eigenvalue weighted by molar-refractivity contribution is 6.00. The first-order valence-electron chi connectivity index (χ1n) is 11.5. The number of Topliss-reactive ketones (excluding diaryl/α,β-unsaturated/α-hetero) is 1. The minimum atomic E-state index is -1.05. The molecule has 35 heavy (non-hydrogen) atoms. The first-order valence-corrected chi connectivity index (χ1v) is 11.5. The number of hydrogen-bond acceptors (Lipinski definition) is 6. The molecule has 2 amide bonds. The van der Waals surface area contributed by atoms with Crippen LogP contribution in [-0.4, -0.2) is 50.5 Å². The molecular formula is C26H26N4O5. The molecule has 0 bridgehead atoms. The minimum absolute atomic E-state index is 0.0230. The summed E-state index contributed by atoms with van der Waals surface area (Å²) in [6.45, 7) is -0.0230. The molecule has 180 valence electrons. The van der Waals surface area contributed by atoms with Crippen LogP contribution in [0.2, 0.25) is 0 Å². The van der Waals surface area contributed by atoms with Crippen molar-refractivity contribution in [3.8, 4) is 11.4 Å². The minimum Gasteiger partial charge on any atom is -0.508 e. The van der Waals surface area contributed by atoms with Crippen LogP contribution in [0.5, 0.6) is 5.75 Å². The lowest BCUT2D eigenvalue weighted by molar-refractivity contribution is -0.130. The SMILES string of the molecule is NC(=O)c1ccc(-n2ccnc2)cc1C(Cc1cccc(O)c1)C(=O)NC12CCCC1OCC2=O. The van der Waals surface area contributed by atoms with Crippen LogP contribution in [0, 0.1) is 0 Å². The van der Waals surface area contributed by atoms with Gasteiger partial charge in [-0.1, -0.05) is 12.1 Å².